The maximum Gasteiger partial charge on any atom is 0.339 e. The molecule has 4 heteroatoms. The average molecular weight is 278 g/mol. The van der Waals surface area contributed by atoms with E-state index in [1.54, 1.807) is 13.8 Å². The van der Waals surface area contributed by atoms with Crippen molar-refractivity contribution in [2.45, 2.75) is 41.5 Å². The van der Waals surface area contributed by atoms with Gasteiger partial charge in [-0.2, -0.15) is 0 Å². The molecule has 0 N–H and O–H groups in total. The number of rotatable bonds is 4. The Morgan fingerprint density at radius 3 is 1.25 bits per heavy atom. The van der Waals surface area contributed by atoms with E-state index in [4.69, 9.17) is 9.47 Å². The van der Waals surface area contributed by atoms with Crippen LogP contribution < -0.4 is 0 Å². The molecule has 0 bridgehead atoms. The molecule has 0 fully saturated rings. The lowest BCUT2D eigenvalue weighted by molar-refractivity contribution is 0.0477. The second-order valence-electron chi connectivity index (χ2n) is 4.69. The lowest BCUT2D eigenvalue weighted by Gasteiger charge is -2.18. The van der Waals surface area contributed by atoms with Gasteiger partial charge in [-0.25, -0.2) is 9.59 Å². The van der Waals surface area contributed by atoms with Crippen molar-refractivity contribution in [2.75, 3.05) is 13.2 Å². The number of hydrogen-bond acceptors (Lipinski definition) is 4. The summed E-state index contributed by atoms with van der Waals surface area (Å²) in [6.45, 7) is 11.6. The summed E-state index contributed by atoms with van der Waals surface area (Å²) in [5.41, 5.74) is 4.19. The highest BCUT2D eigenvalue weighted by molar-refractivity contribution is 6.05. The van der Waals surface area contributed by atoms with E-state index in [-0.39, 0.29) is 13.2 Å². The molecule has 0 spiro atoms. The van der Waals surface area contributed by atoms with Gasteiger partial charge in [-0.1, -0.05) is 0 Å². The highest BCUT2D eigenvalue weighted by atomic mass is 16.5. The number of benzene rings is 1. The molecule has 0 aliphatic rings. The van der Waals surface area contributed by atoms with Gasteiger partial charge >= 0.3 is 11.9 Å². The molecule has 0 unspecified atom stereocenters. The predicted molar refractivity (Wildman–Crippen MR) is 77.3 cm³/mol. The SMILES string of the molecule is CCOC(=O)c1c(C)c(C)c(C)c(C)c1C(=O)OCC. The third-order valence-corrected chi connectivity index (χ3v) is 3.65. The van der Waals surface area contributed by atoms with E-state index >= 15 is 0 Å². The summed E-state index contributed by atoms with van der Waals surface area (Å²) < 4.78 is 10.2. The van der Waals surface area contributed by atoms with Gasteiger partial charge < -0.3 is 9.47 Å². The monoisotopic (exact) mass is 278 g/mol. The number of carbonyl (C=O) groups excluding carboxylic acids is 2. The second-order valence-corrected chi connectivity index (χ2v) is 4.69. The zero-order chi connectivity index (χ0) is 15.4. The Morgan fingerprint density at radius 1 is 0.700 bits per heavy atom. The molecule has 0 aromatic heterocycles. The van der Waals surface area contributed by atoms with Gasteiger partial charge in [-0.3, -0.25) is 0 Å². The highest BCUT2D eigenvalue weighted by Crippen LogP contribution is 2.28. The molecule has 20 heavy (non-hydrogen) atoms. The molecular formula is C16H22O4. The van der Waals surface area contributed by atoms with Crippen molar-refractivity contribution in [1.29, 1.82) is 0 Å². The summed E-state index contributed by atoms with van der Waals surface area (Å²) >= 11 is 0. The third-order valence-electron chi connectivity index (χ3n) is 3.65. The summed E-state index contributed by atoms with van der Waals surface area (Å²) in [6.07, 6.45) is 0. The van der Waals surface area contributed by atoms with Gasteiger partial charge in [-0.05, 0) is 63.8 Å². The third kappa shape index (κ3) is 2.84. The maximum absolute atomic E-state index is 12.2. The van der Waals surface area contributed by atoms with Gasteiger partial charge in [0.2, 0.25) is 0 Å². The minimum absolute atomic E-state index is 0.270. The Morgan fingerprint density at radius 2 is 1.00 bits per heavy atom. The van der Waals surface area contributed by atoms with Gasteiger partial charge in [0.25, 0.3) is 0 Å². The lowest BCUT2D eigenvalue weighted by atomic mass is 9.89. The molecule has 0 radical (unpaired) electrons. The molecule has 1 aromatic carbocycles. The normalized spacial score (nSPS) is 10.3. The molecule has 0 aliphatic carbocycles. The fourth-order valence-electron chi connectivity index (χ4n) is 2.23. The van der Waals surface area contributed by atoms with Gasteiger partial charge in [0.1, 0.15) is 0 Å². The number of esters is 2. The first kappa shape index (κ1) is 16.2. The van der Waals surface area contributed by atoms with Crippen molar-refractivity contribution >= 4 is 11.9 Å². The van der Waals surface area contributed by atoms with Crippen molar-refractivity contribution in [1.82, 2.24) is 0 Å². The topological polar surface area (TPSA) is 52.6 Å². The van der Waals surface area contributed by atoms with Crippen molar-refractivity contribution in [2.24, 2.45) is 0 Å². The molecule has 1 rings (SSSR count). The zero-order valence-electron chi connectivity index (χ0n) is 13.0. The molecule has 4 nitrogen and oxygen atoms in total. The standard InChI is InChI=1S/C16H22O4/c1-7-19-15(17)13-11(5)9(3)10(4)12(6)14(13)16(18)20-8-2/h7-8H2,1-6H3. The van der Waals surface area contributed by atoms with E-state index in [0.717, 1.165) is 22.3 Å². The number of carbonyl (C=O) groups is 2. The van der Waals surface area contributed by atoms with Crippen LogP contribution in [0.1, 0.15) is 56.8 Å². The first-order chi connectivity index (χ1) is 9.36. The molecule has 0 saturated heterocycles. The quantitative estimate of drug-likeness (QED) is 0.793. The largest absolute Gasteiger partial charge is 0.462 e. The van der Waals surface area contributed by atoms with Crippen LogP contribution in [-0.2, 0) is 9.47 Å². The van der Waals surface area contributed by atoms with Crippen molar-refractivity contribution in [3.8, 4) is 0 Å². The fourth-order valence-corrected chi connectivity index (χ4v) is 2.23. The molecule has 0 amide bonds. The van der Waals surface area contributed by atoms with Crippen LogP contribution in [0, 0.1) is 27.7 Å². The van der Waals surface area contributed by atoms with E-state index in [1.165, 1.54) is 0 Å². The van der Waals surface area contributed by atoms with Crippen LogP contribution >= 0.6 is 0 Å². The van der Waals surface area contributed by atoms with Crippen LogP contribution in [0.25, 0.3) is 0 Å². The zero-order valence-corrected chi connectivity index (χ0v) is 13.0. The van der Waals surface area contributed by atoms with Crippen LogP contribution in [0.15, 0.2) is 0 Å². The average Bonchev–Trinajstić information content (AvgIpc) is 2.40. The molecule has 0 aliphatic heterocycles. The van der Waals surface area contributed by atoms with E-state index < -0.39 is 11.9 Å². The van der Waals surface area contributed by atoms with Crippen LogP contribution in [-0.4, -0.2) is 25.2 Å². The number of ether oxygens (including phenoxy) is 2. The van der Waals surface area contributed by atoms with E-state index in [9.17, 15) is 9.59 Å². The van der Waals surface area contributed by atoms with Gasteiger partial charge in [0.05, 0.1) is 24.3 Å². The summed E-state index contributed by atoms with van der Waals surface area (Å²) in [4.78, 5) is 24.4. The summed E-state index contributed by atoms with van der Waals surface area (Å²) in [5.74, 6) is -0.946. The highest BCUT2D eigenvalue weighted by Gasteiger charge is 2.26. The fraction of sp³-hybridized carbons (Fsp3) is 0.500. The lowest BCUT2D eigenvalue weighted by Crippen LogP contribution is -2.19. The predicted octanol–water partition coefficient (Wildman–Crippen LogP) is 3.27. The molecule has 0 saturated carbocycles. The Kier molecular flexibility index (Phi) is 5.31. The molecule has 1 aromatic rings. The molecule has 0 heterocycles. The first-order valence-electron chi connectivity index (χ1n) is 6.81. The molecular weight excluding hydrogens is 256 g/mol. The van der Waals surface area contributed by atoms with Crippen molar-refractivity contribution in [3.05, 3.63) is 33.4 Å². The van der Waals surface area contributed by atoms with Gasteiger partial charge in [0.15, 0.2) is 0 Å². The van der Waals surface area contributed by atoms with Crippen molar-refractivity contribution in [3.63, 3.8) is 0 Å². The Balaban J connectivity index is 3.60. The molecule has 0 atom stereocenters. The van der Waals surface area contributed by atoms with Crippen LogP contribution in [0.3, 0.4) is 0 Å². The Bertz CT molecular complexity index is 495. The first-order valence-corrected chi connectivity index (χ1v) is 6.81. The van der Waals surface area contributed by atoms with Crippen LogP contribution in [0.4, 0.5) is 0 Å². The van der Waals surface area contributed by atoms with E-state index in [0.29, 0.717) is 11.1 Å². The minimum Gasteiger partial charge on any atom is -0.462 e. The Labute approximate surface area is 120 Å². The Hall–Kier alpha value is -1.84. The summed E-state index contributed by atoms with van der Waals surface area (Å²) in [7, 11) is 0. The van der Waals surface area contributed by atoms with Crippen molar-refractivity contribution < 1.29 is 19.1 Å². The van der Waals surface area contributed by atoms with E-state index in [1.807, 2.05) is 27.7 Å². The summed E-state index contributed by atoms with van der Waals surface area (Å²) in [5, 5.41) is 0. The van der Waals surface area contributed by atoms with Gasteiger partial charge in [-0.15, -0.1) is 0 Å². The smallest absolute Gasteiger partial charge is 0.339 e. The maximum atomic E-state index is 12.2. The minimum atomic E-state index is -0.473. The summed E-state index contributed by atoms with van der Waals surface area (Å²) in [6, 6.07) is 0. The van der Waals surface area contributed by atoms with Gasteiger partial charge in [0, 0.05) is 0 Å². The molecule has 110 valence electrons. The number of hydrogen-bond donors (Lipinski definition) is 0. The second kappa shape index (κ2) is 6.55. The van der Waals surface area contributed by atoms with Crippen LogP contribution in [0.5, 0.6) is 0 Å². The van der Waals surface area contributed by atoms with E-state index in [2.05, 4.69) is 0 Å². The van der Waals surface area contributed by atoms with Crippen LogP contribution in [0.2, 0.25) is 0 Å².